The molecule has 0 bridgehead atoms. The summed E-state index contributed by atoms with van der Waals surface area (Å²) in [6, 6.07) is 26.0. The van der Waals surface area contributed by atoms with Crippen LogP contribution in [0.2, 0.25) is 10.0 Å². The first kappa shape index (κ1) is 28.5. The summed E-state index contributed by atoms with van der Waals surface area (Å²) < 4.78 is 1.91. The molecule has 2 aromatic heterocycles. The topological polar surface area (TPSA) is 115 Å². The molecule has 1 aliphatic rings. The van der Waals surface area contributed by atoms with Crippen LogP contribution in [0.3, 0.4) is 0 Å². The van der Waals surface area contributed by atoms with Crippen molar-refractivity contribution in [2.24, 2.45) is 0 Å². The van der Waals surface area contributed by atoms with E-state index in [1.807, 2.05) is 85.5 Å². The zero-order valence-electron chi connectivity index (χ0n) is 23.4. The van der Waals surface area contributed by atoms with E-state index >= 15 is 0 Å². The highest BCUT2D eigenvalue weighted by Crippen LogP contribution is 2.40. The maximum Gasteiger partial charge on any atom is 0.148 e. The van der Waals surface area contributed by atoms with E-state index in [0.29, 0.717) is 62.5 Å². The van der Waals surface area contributed by atoms with Crippen LogP contribution in [0.15, 0.2) is 79.1 Å². The van der Waals surface area contributed by atoms with E-state index in [-0.39, 0.29) is 6.04 Å². The van der Waals surface area contributed by atoms with Gasteiger partial charge in [-0.2, -0.15) is 10.5 Å². The van der Waals surface area contributed by atoms with E-state index in [1.54, 1.807) is 0 Å². The Morgan fingerprint density at radius 1 is 1.05 bits per heavy atom. The quantitative estimate of drug-likeness (QED) is 0.170. The van der Waals surface area contributed by atoms with Crippen LogP contribution in [0.1, 0.15) is 60.2 Å². The molecule has 1 aliphatic carbocycles. The number of aromatic nitrogens is 4. The molecule has 212 valence electrons. The third-order valence-corrected chi connectivity index (χ3v) is 8.48. The molecule has 2 N–H and O–H groups in total. The van der Waals surface area contributed by atoms with Gasteiger partial charge in [0.15, 0.2) is 0 Å². The lowest BCUT2D eigenvalue weighted by atomic mass is 9.69. The van der Waals surface area contributed by atoms with Crippen molar-refractivity contribution in [3.8, 4) is 12.1 Å². The summed E-state index contributed by atoms with van der Waals surface area (Å²) in [7, 11) is 2.02. The molecule has 0 amide bonds. The van der Waals surface area contributed by atoms with E-state index in [9.17, 15) is 10.5 Å². The Morgan fingerprint density at radius 3 is 2.53 bits per heavy atom. The van der Waals surface area contributed by atoms with Crippen LogP contribution in [0.5, 0.6) is 0 Å². The lowest BCUT2D eigenvalue weighted by molar-refractivity contribution is 0.610. The number of hydrogen-bond acceptors (Lipinski definition) is 7. The van der Waals surface area contributed by atoms with Crippen molar-refractivity contribution in [1.82, 2.24) is 20.0 Å². The maximum absolute atomic E-state index is 10.1. The smallest absolute Gasteiger partial charge is 0.148 e. The van der Waals surface area contributed by atoms with Gasteiger partial charge in [0.1, 0.15) is 19.6 Å². The largest absolute Gasteiger partial charge is 0.377 e. The van der Waals surface area contributed by atoms with Crippen molar-refractivity contribution in [3.05, 3.63) is 112 Å². The van der Waals surface area contributed by atoms with Crippen molar-refractivity contribution in [2.45, 2.75) is 43.2 Å². The number of fused-ring (bicyclic) bond motifs is 1. The number of halogens is 2. The number of nitrogens with one attached hydrogen (secondary N) is 2. The molecule has 5 aromatic rings. The van der Waals surface area contributed by atoms with Gasteiger partial charge in [-0.3, -0.25) is 4.98 Å². The van der Waals surface area contributed by atoms with Crippen LogP contribution in [0.25, 0.3) is 10.9 Å². The minimum atomic E-state index is -0.865. The van der Waals surface area contributed by atoms with Crippen molar-refractivity contribution >= 4 is 53.3 Å². The summed E-state index contributed by atoms with van der Waals surface area (Å²) in [5.41, 5.74) is 3.91. The molecule has 2 heterocycles. The molecular weight excluding hydrogens is 578 g/mol. The predicted molar refractivity (Wildman–Crippen MR) is 172 cm³/mol. The molecule has 0 saturated heterocycles. The van der Waals surface area contributed by atoms with Crippen LogP contribution in [-0.2, 0) is 5.44 Å². The average Bonchev–Trinajstić information content (AvgIpc) is 3.75. The van der Waals surface area contributed by atoms with E-state index in [2.05, 4.69) is 38.1 Å². The fourth-order valence-corrected chi connectivity index (χ4v) is 6.00. The molecule has 11 heteroatoms. The highest BCUT2D eigenvalue weighted by Gasteiger charge is 2.36. The molecule has 3 aromatic carbocycles. The number of nitriles is 2. The van der Waals surface area contributed by atoms with Gasteiger partial charge in [-0.25, -0.2) is 4.68 Å². The molecule has 0 spiro atoms. The lowest BCUT2D eigenvalue weighted by Gasteiger charge is -2.32. The minimum absolute atomic E-state index is 0.209. The number of benzene rings is 3. The molecule has 6 rings (SSSR count). The van der Waals surface area contributed by atoms with Gasteiger partial charge in [0.2, 0.25) is 0 Å². The molecule has 0 aliphatic heterocycles. The zero-order chi connectivity index (χ0) is 30.0. The van der Waals surface area contributed by atoms with Gasteiger partial charge >= 0.3 is 0 Å². The first-order chi connectivity index (χ1) is 20.9. The standard InChI is InChI=1S/C32H27BCl2N8/c33-32(25-9-4-5-10-26(25)34,29-19-43(42-41-29)23-12-13-23)40-22-15-24-30(21(17-37)18-38-31(24)27(35)16-22)39-28(11-6-14-36)20-7-2-1-3-8-20/h1-5,7-10,15-16,18-19,23,28,40H,6,11-13,33H2,(H,38,39). The van der Waals surface area contributed by atoms with Gasteiger partial charge in [-0.15, -0.1) is 5.10 Å². The Bertz CT molecular complexity index is 1880. The van der Waals surface area contributed by atoms with E-state index in [0.717, 1.165) is 24.0 Å². The molecule has 2 atom stereocenters. The summed E-state index contributed by atoms with van der Waals surface area (Å²) >= 11 is 13.6. The molecule has 43 heavy (non-hydrogen) atoms. The van der Waals surface area contributed by atoms with Gasteiger partial charge in [0.05, 0.1) is 51.6 Å². The average molecular weight is 605 g/mol. The highest BCUT2D eigenvalue weighted by atomic mass is 35.5. The molecule has 1 fully saturated rings. The molecular formula is C32H27BCl2N8. The lowest BCUT2D eigenvalue weighted by Crippen LogP contribution is -2.38. The van der Waals surface area contributed by atoms with Crippen LogP contribution in [0, 0.1) is 22.7 Å². The minimum Gasteiger partial charge on any atom is -0.377 e. The Hall–Kier alpha value is -4.57. The van der Waals surface area contributed by atoms with Crippen LogP contribution >= 0.6 is 23.2 Å². The summed E-state index contributed by atoms with van der Waals surface area (Å²) in [6.07, 6.45) is 6.58. The molecule has 0 radical (unpaired) electrons. The number of nitrogens with zero attached hydrogens (tertiary/aromatic N) is 6. The Labute approximate surface area is 260 Å². The van der Waals surface area contributed by atoms with Crippen LogP contribution in [0.4, 0.5) is 11.4 Å². The van der Waals surface area contributed by atoms with Crippen molar-refractivity contribution in [2.75, 3.05) is 10.6 Å². The molecule has 8 nitrogen and oxygen atoms in total. The fraction of sp³-hybridized carbons (Fsp3) is 0.219. The third-order valence-electron chi connectivity index (χ3n) is 7.86. The monoisotopic (exact) mass is 604 g/mol. The highest BCUT2D eigenvalue weighted by molar-refractivity contribution is 6.36. The van der Waals surface area contributed by atoms with Crippen molar-refractivity contribution < 1.29 is 0 Å². The second-order valence-electron chi connectivity index (χ2n) is 10.9. The number of pyridine rings is 1. The molecule has 2 unspecified atom stereocenters. The summed E-state index contributed by atoms with van der Waals surface area (Å²) in [5.74, 6) is 0. The van der Waals surface area contributed by atoms with Crippen LogP contribution < -0.4 is 10.6 Å². The van der Waals surface area contributed by atoms with E-state index in [4.69, 9.17) is 23.2 Å². The van der Waals surface area contributed by atoms with E-state index < -0.39 is 5.44 Å². The number of anilines is 2. The first-order valence-electron chi connectivity index (χ1n) is 14.1. The Kier molecular flexibility index (Phi) is 7.95. The first-order valence-corrected chi connectivity index (χ1v) is 14.8. The Balaban J connectivity index is 1.47. The summed E-state index contributed by atoms with van der Waals surface area (Å²) in [6.45, 7) is 0. The van der Waals surface area contributed by atoms with Gasteiger partial charge in [-0.1, -0.05) is 76.9 Å². The molecule has 1 saturated carbocycles. The summed E-state index contributed by atoms with van der Waals surface area (Å²) in [4.78, 5) is 4.53. The van der Waals surface area contributed by atoms with E-state index in [1.165, 1.54) is 6.20 Å². The van der Waals surface area contributed by atoms with Crippen LogP contribution in [-0.4, -0.2) is 27.8 Å². The third kappa shape index (κ3) is 5.75. The second-order valence-corrected chi connectivity index (χ2v) is 11.7. The fourth-order valence-electron chi connectivity index (χ4n) is 5.41. The van der Waals surface area contributed by atoms with Crippen molar-refractivity contribution in [3.63, 3.8) is 0 Å². The summed E-state index contributed by atoms with van der Waals surface area (Å²) in [5, 5.41) is 37.3. The SMILES string of the molecule is BC(Nc1cc(Cl)c2ncc(C#N)c(NC(CCC#N)c3ccccc3)c2c1)(c1cn(C2CC2)nn1)c1ccccc1Cl. The normalized spacial score (nSPS) is 14.8. The van der Waals surface area contributed by atoms with Gasteiger partial charge < -0.3 is 10.6 Å². The number of hydrogen-bond donors (Lipinski definition) is 2. The van der Waals surface area contributed by atoms with Crippen molar-refractivity contribution in [1.29, 1.82) is 10.5 Å². The zero-order valence-corrected chi connectivity index (χ0v) is 24.9. The van der Waals surface area contributed by atoms with Gasteiger partial charge in [-0.05, 0) is 48.6 Å². The second kappa shape index (κ2) is 12.0. The maximum atomic E-state index is 10.1. The Morgan fingerprint density at radius 2 is 1.81 bits per heavy atom. The number of rotatable bonds is 10. The predicted octanol–water partition coefficient (Wildman–Crippen LogP) is 6.74. The van der Waals surface area contributed by atoms with Gasteiger partial charge in [0.25, 0.3) is 0 Å². The van der Waals surface area contributed by atoms with Gasteiger partial charge in [0, 0.05) is 28.7 Å².